The number of nitrogens with zero attached hydrogens (tertiary/aromatic N) is 1. The first-order valence-electron chi connectivity index (χ1n) is 6.08. The Morgan fingerprint density at radius 2 is 2.00 bits per heavy atom. The summed E-state index contributed by atoms with van der Waals surface area (Å²) >= 11 is 0. The van der Waals surface area contributed by atoms with Crippen LogP contribution in [-0.2, 0) is 9.53 Å². The largest absolute Gasteiger partial charge is 0.452 e. The fourth-order valence-electron chi connectivity index (χ4n) is 1.96. The summed E-state index contributed by atoms with van der Waals surface area (Å²) in [5.74, 6) is -1.85. The SMILES string of the molecule is Nc1ccc(F)c(C(=O)OCC(=O)N2CCCC2)c1. The van der Waals surface area contributed by atoms with Crippen molar-refractivity contribution < 1.29 is 18.7 Å². The van der Waals surface area contributed by atoms with Gasteiger partial charge in [0.15, 0.2) is 6.61 Å². The van der Waals surface area contributed by atoms with Gasteiger partial charge in [0.2, 0.25) is 0 Å². The highest BCUT2D eigenvalue weighted by Gasteiger charge is 2.20. The molecule has 6 heteroatoms. The van der Waals surface area contributed by atoms with Gasteiger partial charge in [0.05, 0.1) is 5.56 Å². The number of benzene rings is 1. The standard InChI is InChI=1S/C13H15FN2O3/c14-11-4-3-9(15)7-10(11)13(18)19-8-12(17)16-5-1-2-6-16/h3-4,7H,1-2,5-6,8,15H2. The molecule has 0 bridgehead atoms. The topological polar surface area (TPSA) is 72.6 Å². The highest BCUT2D eigenvalue weighted by Crippen LogP contribution is 2.13. The third-order valence-corrected chi connectivity index (χ3v) is 3.00. The average Bonchev–Trinajstić information content (AvgIpc) is 2.92. The van der Waals surface area contributed by atoms with E-state index in [1.165, 1.54) is 12.1 Å². The van der Waals surface area contributed by atoms with Crippen LogP contribution in [-0.4, -0.2) is 36.5 Å². The van der Waals surface area contributed by atoms with Crippen molar-refractivity contribution in [1.29, 1.82) is 0 Å². The number of rotatable bonds is 3. The summed E-state index contributed by atoms with van der Waals surface area (Å²) in [5, 5.41) is 0. The summed E-state index contributed by atoms with van der Waals surface area (Å²) in [6.07, 6.45) is 1.92. The molecule has 5 nitrogen and oxygen atoms in total. The molecule has 1 amide bonds. The molecule has 1 aromatic rings. The van der Waals surface area contributed by atoms with E-state index in [2.05, 4.69) is 0 Å². The van der Waals surface area contributed by atoms with Gasteiger partial charge >= 0.3 is 5.97 Å². The minimum absolute atomic E-state index is 0.254. The monoisotopic (exact) mass is 266 g/mol. The van der Waals surface area contributed by atoms with Crippen molar-refractivity contribution in [2.45, 2.75) is 12.8 Å². The van der Waals surface area contributed by atoms with Gasteiger partial charge in [-0.3, -0.25) is 4.79 Å². The molecule has 0 aromatic heterocycles. The number of halogens is 1. The molecule has 0 unspecified atom stereocenters. The number of esters is 1. The number of nitrogens with two attached hydrogens (primary N) is 1. The molecule has 102 valence electrons. The van der Waals surface area contributed by atoms with Crippen LogP contribution in [0.2, 0.25) is 0 Å². The Balaban J connectivity index is 1.93. The zero-order valence-corrected chi connectivity index (χ0v) is 10.4. The minimum atomic E-state index is -0.877. The molecule has 0 aliphatic carbocycles. The third kappa shape index (κ3) is 3.21. The zero-order valence-electron chi connectivity index (χ0n) is 10.4. The van der Waals surface area contributed by atoms with Gasteiger partial charge in [-0.25, -0.2) is 9.18 Å². The smallest absolute Gasteiger partial charge is 0.341 e. The lowest BCUT2D eigenvalue weighted by molar-refractivity contribution is -0.133. The number of amides is 1. The highest BCUT2D eigenvalue weighted by molar-refractivity contribution is 5.92. The van der Waals surface area contributed by atoms with Crippen LogP contribution in [0.15, 0.2) is 18.2 Å². The second kappa shape index (κ2) is 5.69. The molecule has 1 aromatic carbocycles. The van der Waals surface area contributed by atoms with E-state index in [9.17, 15) is 14.0 Å². The van der Waals surface area contributed by atoms with Crippen LogP contribution >= 0.6 is 0 Å². The van der Waals surface area contributed by atoms with Gasteiger partial charge in [-0.15, -0.1) is 0 Å². The maximum Gasteiger partial charge on any atom is 0.341 e. The number of carbonyl (C=O) groups is 2. The first-order valence-corrected chi connectivity index (χ1v) is 6.08. The quantitative estimate of drug-likeness (QED) is 0.658. The molecule has 1 fully saturated rings. The predicted octanol–water partition coefficient (Wildman–Crippen LogP) is 1.19. The normalized spacial score (nSPS) is 14.5. The third-order valence-electron chi connectivity index (χ3n) is 3.00. The van der Waals surface area contributed by atoms with Gasteiger partial charge < -0.3 is 15.4 Å². The number of anilines is 1. The number of hydrogen-bond donors (Lipinski definition) is 1. The van der Waals surface area contributed by atoms with Crippen molar-refractivity contribution >= 4 is 17.6 Å². The van der Waals surface area contributed by atoms with Gasteiger partial charge in [-0.05, 0) is 31.0 Å². The van der Waals surface area contributed by atoms with Crippen molar-refractivity contribution in [3.05, 3.63) is 29.6 Å². The molecule has 0 radical (unpaired) electrons. The summed E-state index contributed by atoms with van der Waals surface area (Å²) < 4.78 is 18.2. The summed E-state index contributed by atoms with van der Waals surface area (Å²) in [4.78, 5) is 24.9. The Morgan fingerprint density at radius 1 is 1.32 bits per heavy atom. The van der Waals surface area contributed by atoms with Crippen LogP contribution in [0.25, 0.3) is 0 Å². The summed E-state index contributed by atoms with van der Waals surface area (Å²) in [5.41, 5.74) is 5.48. The van der Waals surface area contributed by atoms with Gasteiger partial charge in [-0.2, -0.15) is 0 Å². The Morgan fingerprint density at radius 3 is 2.68 bits per heavy atom. The van der Waals surface area contributed by atoms with E-state index < -0.39 is 11.8 Å². The van der Waals surface area contributed by atoms with Crippen LogP contribution in [0, 0.1) is 5.82 Å². The Labute approximate surface area is 110 Å². The fraction of sp³-hybridized carbons (Fsp3) is 0.385. The number of carbonyl (C=O) groups excluding carboxylic acids is 2. The first-order chi connectivity index (χ1) is 9.08. The molecule has 2 rings (SSSR count). The van der Waals surface area contributed by atoms with Crippen molar-refractivity contribution in [3.8, 4) is 0 Å². The Bertz CT molecular complexity index is 499. The summed E-state index contributed by atoms with van der Waals surface area (Å²) in [6.45, 7) is 0.999. The maximum atomic E-state index is 13.4. The van der Waals surface area contributed by atoms with Gasteiger partial charge in [0.1, 0.15) is 5.82 Å². The van der Waals surface area contributed by atoms with E-state index in [1.54, 1.807) is 4.90 Å². The molecule has 1 heterocycles. The van der Waals surface area contributed by atoms with Crippen molar-refractivity contribution in [2.24, 2.45) is 0 Å². The fourth-order valence-corrected chi connectivity index (χ4v) is 1.96. The average molecular weight is 266 g/mol. The van der Waals surface area contributed by atoms with Crippen LogP contribution in [0.3, 0.4) is 0 Å². The van der Waals surface area contributed by atoms with Crippen molar-refractivity contribution in [1.82, 2.24) is 4.90 Å². The number of likely N-dealkylation sites (tertiary alicyclic amines) is 1. The summed E-state index contributed by atoms with van der Waals surface area (Å²) in [7, 11) is 0. The lowest BCUT2D eigenvalue weighted by Crippen LogP contribution is -2.32. The molecule has 2 N–H and O–H groups in total. The van der Waals surface area contributed by atoms with E-state index in [1.807, 2.05) is 0 Å². The van der Waals surface area contributed by atoms with Gasteiger partial charge in [0, 0.05) is 18.8 Å². The van der Waals surface area contributed by atoms with Crippen molar-refractivity contribution in [3.63, 3.8) is 0 Å². The van der Waals surface area contributed by atoms with Crippen LogP contribution in [0.4, 0.5) is 10.1 Å². The zero-order chi connectivity index (χ0) is 13.8. The van der Waals surface area contributed by atoms with E-state index >= 15 is 0 Å². The van der Waals surface area contributed by atoms with Gasteiger partial charge in [-0.1, -0.05) is 0 Å². The molecule has 1 saturated heterocycles. The Kier molecular flexibility index (Phi) is 3.99. The van der Waals surface area contributed by atoms with E-state index in [-0.39, 0.29) is 23.8 Å². The number of hydrogen-bond acceptors (Lipinski definition) is 4. The van der Waals surface area contributed by atoms with E-state index in [0.717, 1.165) is 18.9 Å². The lowest BCUT2D eigenvalue weighted by atomic mass is 10.2. The molecule has 1 aliphatic heterocycles. The minimum Gasteiger partial charge on any atom is -0.452 e. The Hall–Kier alpha value is -2.11. The molecule has 0 atom stereocenters. The summed E-state index contributed by atoms with van der Waals surface area (Å²) in [6, 6.07) is 3.63. The molecule has 0 spiro atoms. The first kappa shape index (κ1) is 13.3. The van der Waals surface area contributed by atoms with Crippen LogP contribution < -0.4 is 5.73 Å². The molecular formula is C13H15FN2O3. The lowest BCUT2D eigenvalue weighted by Gasteiger charge is -2.15. The molecule has 0 saturated carbocycles. The van der Waals surface area contributed by atoms with E-state index in [0.29, 0.717) is 13.1 Å². The number of ether oxygens (including phenoxy) is 1. The molecule has 19 heavy (non-hydrogen) atoms. The van der Waals surface area contributed by atoms with Gasteiger partial charge in [0.25, 0.3) is 5.91 Å². The van der Waals surface area contributed by atoms with Crippen molar-refractivity contribution in [2.75, 3.05) is 25.4 Å². The second-order valence-corrected chi connectivity index (χ2v) is 4.40. The number of nitrogen functional groups attached to an aromatic ring is 1. The maximum absolute atomic E-state index is 13.4. The highest BCUT2D eigenvalue weighted by atomic mass is 19.1. The molecule has 1 aliphatic rings. The predicted molar refractivity (Wildman–Crippen MR) is 66.9 cm³/mol. The van der Waals surface area contributed by atoms with Crippen LogP contribution in [0.1, 0.15) is 23.2 Å². The van der Waals surface area contributed by atoms with Crippen LogP contribution in [0.5, 0.6) is 0 Å². The second-order valence-electron chi connectivity index (χ2n) is 4.40. The van der Waals surface area contributed by atoms with E-state index in [4.69, 9.17) is 10.5 Å². The molecular weight excluding hydrogens is 251 g/mol.